The van der Waals surface area contributed by atoms with Gasteiger partial charge in [-0.15, -0.1) is 0 Å². The van der Waals surface area contributed by atoms with Crippen molar-refractivity contribution in [2.75, 3.05) is 24.6 Å². The molecule has 1 N–H and O–H groups in total. The van der Waals surface area contributed by atoms with E-state index in [2.05, 4.69) is 0 Å². The first-order valence-corrected chi connectivity index (χ1v) is 6.91. The molecule has 0 unspecified atom stereocenters. The summed E-state index contributed by atoms with van der Waals surface area (Å²) in [5, 5.41) is 10.9. The normalized spacial score (nSPS) is 23.9. The van der Waals surface area contributed by atoms with Gasteiger partial charge in [0.1, 0.15) is 6.04 Å². The number of hydrogen-bond donors (Lipinski definition) is 1. The molecule has 1 atom stereocenters. The average molecular weight is 235 g/mol. The highest BCUT2D eigenvalue weighted by molar-refractivity contribution is 7.91. The third-order valence-corrected chi connectivity index (χ3v) is 4.48. The van der Waals surface area contributed by atoms with Crippen LogP contribution in [0.25, 0.3) is 0 Å². The van der Waals surface area contributed by atoms with E-state index >= 15 is 0 Å². The van der Waals surface area contributed by atoms with Crippen LogP contribution in [-0.2, 0) is 14.6 Å². The van der Waals surface area contributed by atoms with Crippen LogP contribution >= 0.6 is 0 Å². The lowest BCUT2D eigenvalue weighted by atomic mass is 10.0. The Bertz CT molecular complexity index is 322. The van der Waals surface area contributed by atoms with Gasteiger partial charge in [-0.25, -0.2) is 8.42 Å². The molecule has 1 rings (SSSR count). The van der Waals surface area contributed by atoms with Crippen LogP contribution in [0.3, 0.4) is 0 Å². The summed E-state index contributed by atoms with van der Waals surface area (Å²) in [7, 11) is -2.93. The number of nitrogens with one attached hydrogen (secondary N) is 1. The zero-order valence-corrected chi connectivity index (χ0v) is 9.84. The predicted molar refractivity (Wildman–Crippen MR) is 53.0 cm³/mol. The zero-order chi connectivity index (χ0) is 11.6. The Morgan fingerprint density at radius 3 is 2.07 bits per heavy atom. The maximum atomic E-state index is 11.2. The topological polar surface area (TPSA) is 78.7 Å². The molecule has 1 fully saturated rings. The van der Waals surface area contributed by atoms with E-state index in [4.69, 9.17) is 0 Å². The molecule has 0 aromatic rings. The minimum absolute atomic E-state index is 0.0363. The number of hydrogen-bond acceptors (Lipinski definition) is 4. The summed E-state index contributed by atoms with van der Waals surface area (Å²) in [6.07, 6.45) is 0. The number of sulfone groups is 1. The standard InChI is InChI=1S/C9H17NO4S/c1-7(2)8(9(11)12)10-3-5-15(13,14)6-4-10/h7-8H,3-6H2,1-2H3,(H,11,12)/t8-/m0/s1. The van der Waals surface area contributed by atoms with Crippen LogP contribution in [0, 0.1) is 5.92 Å². The van der Waals surface area contributed by atoms with Crippen molar-refractivity contribution >= 4 is 15.8 Å². The predicted octanol–water partition coefficient (Wildman–Crippen LogP) is -2.93. The minimum atomic E-state index is -2.93. The molecular formula is C9H17NO4S. The van der Waals surface area contributed by atoms with E-state index in [-0.39, 0.29) is 17.4 Å². The Kier molecular flexibility index (Phi) is 3.72. The van der Waals surface area contributed by atoms with Gasteiger partial charge in [0, 0.05) is 5.92 Å². The molecule has 0 bridgehead atoms. The summed E-state index contributed by atoms with van der Waals surface area (Å²) in [6, 6.07) is -0.597. The van der Waals surface area contributed by atoms with Gasteiger partial charge < -0.3 is 14.8 Å². The molecule has 0 radical (unpaired) electrons. The second-order valence-corrected chi connectivity index (χ2v) is 6.65. The lowest BCUT2D eigenvalue weighted by molar-refractivity contribution is -0.918. The van der Waals surface area contributed by atoms with Gasteiger partial charge in [-0.1, -0.05) is 13.8 Å². The number of quaternary nitrogens is 1. The first-order valence-electron chi connectivity index (χ1n) is 5.09. The Labute approximate surface area is 90.0 Å². The molecule has 1 heterocycles. The van der Waals surface area contributed by atoms with Crippen molar-refractivity contribution in [1.29, 1.82) is 0 Å². The Morgan fingerprint density at radius 2 is 1.73 bits per heavy atom. The van der Waals surface area contributed by atoms with Crippen molar-refractivity contribution in [3.05, 3.63) is 0 Å². The summed E-state index contributed by atoms with van der Waals surface area (Å²) < 4.78 is 22.4. The van der Waals surface area contributed by atoms with Gasteiger partial charge in [0.15, 0.2) is 9.84 Å². The molecule has 6 heteroatoms. The second kappa shape index (κ2) is 4.49. The Morgan fingerprint density at radius 1 is 1.27 bits per heavy atom. The molecule has 0 aromatic carbocycles. The first kappa shape index (κ1) is 12.4. The number of carbonyl (C=O) groups excluding carboxylic acids is 1. The monoisotopic (exact) mass is 235 g/mol. The number of rotatable bonds is 3. The molecule has 5 nitrogen and oxygen atoms in total. The number of carboxylic acid groups (broad SMARTS) is 1. The van der Waals surface area contributed by atoms with Crippen LogP contribution in [0.2, 0.25) is 0 Å². The van der Waals surface area contributed by atoms with Crippen molar-refractivity contribution in [1.82, 2.24) is 0 Å². The van der Waals surface area contributed by atoms with E-state index in [0.29, 0.717) is 13.1 Å². The van der Waals surface area contributed by atoms with Crippen LogP contribution in [0.4, 0.5) is 0 Å². The fourth-order valence-electron chi connectivity index (χ4n) is 2.02. The van der Waals surface area contributed by atoms with E-state index < -0.39 is 21.8 Å². The number of carboxylic acids is 1. The van der Waals surface area contributed by atoms with Crippen LogP contribution in [-0.4, -0.2) is 45.0 Å². The third-order valence-electron chi connectivity index (χ3n) is 2.83. The maximum absolute atomic E-state index is 11.2. The molecule has 0 saturated carbocycles. The number of aliphatic carboxylic acids is 1. The fourth-order valence-corrected chi connectivity index (χ4v) is 3.37. The van der Waals surface area contributed by atoms with Crippen molar-refractivity contribution in [2.45, 2.75) is 19.9 Å². The molecule has 0 spiro atoms. The van der Waals surface area contributed by atoms with Gasteiger partial charge in [0.25, 0.3) is 0 Å². The first-order chi connectivity index (χ1) is 6.83. The zero-order valence-electron chi connectivity index (χ0n) is 9.02. The van der Waals surface area contributed by atoms with Crippen molar-refractivity contribution in [3.63, 3.8) is 0 Å². The lowest BCUT2D eigenvalue weighted by Crippen LogP contribution is -3.20. The number of carbonyl (C=O) groups is 1. The van der Waals surface area contributed by atoms with Gasteiger partial charge in [-0.3, -0.25) is 0 Å². The van der Waals surface area contributed by atoms with Crippen LogP contribution in [0.1, 0.15) is 13.8 Å². The van der Waals surface area contributed by atoms with Gasteiger partial charge in [0.2, 0.25) is 0 Å². The molecular weight excluding hydrogens is 218 g/mol. The summed E-state index contributed by atoms with van der Waals surface area (Å²) in [5.74, 6) is -0.956. The highest BCUT2D eigenvalue weighted by Gasteiger charge is 2.32. The van der Waals surface area contributed by atoms with Gasteiger partial charge >= 0.3 is 0 Å². The second-order valence-electron chi connectivity index (χ2n) is 4.35. The quantitative estimate of drug-likeness (QED) is 0.568. The lowest BCUT2D eigenvalue weighted by Gasteiger charge is -2.34. The molecule has 1 aliphatic heterocycles. The minimum Gasteiger partial charge on any atom is -0.544 e. The molecule has 0 amide bonds. The molecule has 88 valence electrons. The van der Waals surface area contributed by atoms with Crippen LogP contribution in [0.15, 0.2) is 0 Å². The molecule has 15 heavy (non-hydrogen) atoms. The molecule has 0 aromatic heterocycles. The Balaban J connectivity index is 2.69. The summed E-state index contributed by atoms with van der Waals surface area (Å²) >= 11 is 0. The SMILES string of the molecule is CC(C)[C@@H](C(=O)[O-])[NH+]1CCS(=O)(=O)CC1. The van der Waals surface area contributed by atoms with Crippen LogP contribution in [0.5, 0.6) is 0 Å². The molecule has 0 aliphatic carbocycles. The summed E-state index contributed by atoms with van der Waals surface area (Å²) in [5.41, 5.74) is 0. The third kappa shape index (κ3) is 3.17. The van der Waals surface area contributed by atoms with Crippen LogP contribution < -0.4 is 10.0 Å². The molecule has 1 aliphatic rings. The van der Waals surface area contributed by atoms with Crippen molar-refractivity contribution in [2.24, 2.45) is 5.92 Å². The highest BCUT2D eigenvalue weighted by atomic mass is 32.2. The van der Waals surface area contributed by atoms with Gasteiger partial charge in [-0.2, -0.15) is 0 Å². The van der Waals surface area contributed by atoms with Gasteiger partial charge in [-0.05, 0) is 0 Å². The van der Waals surface area contributed by atoms with Crippen molar-refractivity contribution in [3.8, 4) is 0 Å². The van der Waals surface area contributed by atoms with E-state index in [9.17, 15) is 18.3 Å². The summed E-state index contributed by atoms with van der Waals surface area (Å²) in [4.78, 5) is 11.7. The van der Waals surface area contributed by atoms with Gasteiger partial charge in [0.05, 0.1) is 30.6 Å². The maximum Gasteiger partial charge on any atom is 0.161 e. The van der Waals surface area contributed by atoms with E-state index in [0.717, 1.165) is 4.90 Å². The van der Waals surface area contributed by atoms with E-state index in [1.165, 1.54) is 0 Å². The highest BCUT2D eigenvalue weighted by Crippen LogP contribution is 1.99. The fraction of sp³-hybridized carbons (Fsp3) is 0.889. The Hall–Kier alpha value is -0.620. The van der Waals surface area contributed by atoms with E-state index in [1.54, 1.807) is 0 Å². The smallest absolute Gasteiger partial charge is 0.161 e. The average Bonchev–Trinajstić information content (AvgIpc) is 2.07. The molecule has 1 saturated heterocycles. The largest absolute Gasteiger partial charge is 0.544 e. The van der Waals surface area contributed by atoms with Crippen molar-refractivity contribution < 1.29 is 23.2 Å². The summed E-state index contributed by atoms with van der Waals surface area (Å²) in [6.45, 7) is 4.38. The van der Waals surface area contributed by atoms with E-state index in [1.807, 2.05) is 13.8 Å².